The number of amides is 2. The van der Waals surface area contributed by atoms with Crippen LogP contribution in [0.25, 0.3) is 0 Å². The molecule has 1 atom stereocenters. The first-order valence-electron chi connectivity index (χ1n) is 10.2. The van der Waals surface area contributed by atoms with Gasteiger partial charge in [-0.3, -0.25) is 9.59 Å². The third kappa shape index (κ3) is 6.94. The first-order chi connectivity index (χ1) is 14.9. The Hall–Kier alpha value is -2.12. The van der Waals surface area contributed by atoms with E-state index in [9.17, 15) is 19.0 Å². The highest BCUT2D eigenvalue weighted by Crippen LogP contribution is 2.28. The van der Waals surface area contributed by atoms with Gasteiger partial charge in [0, 0.05) is 53.9 Å². The molecule has 9 heteroatoms. The maximum Gasteiger partial charge on any atom is 0.348 e. The molecule has 2 aromatic carbocycles. The summed E-state index contributed by atoms with van der Waals surface area (Å²) in [5.74, 6) is 0.433. The van der Waals surface area contributed by atoms with E-state index in [1.807, 2.05) is 11.0 Å². The first-order valence-corrected chi connectivity index (χ1v) is 12.2. The molecule has 0 aromatic heterocycles. The predicted octanol–water partition coefficient (Wildman–Crippen LogP) is 2.65. The van der Waals surface area contributed by atoms with Crippen LogP contribution in [0.2, 0.25) is 0 Å². The second kappa shape index (κ2) is 11.5. The van der Waals surface area contributed by atoms with E-state index in [2.05, 4.69) is 26.6 Å². The zero-order valence-electron chi connectivity index (χ0n) is 17.1. The molecule has 1 saturated carbocycles. The lowest BCUT2D eigenvalue weighted by molar-refractivity contribution is -0.160. The molecule has 7 nitrogen and oxygen atoms in total. The highest BCUT2D eigenvalue weighted by molar-refractivity contribution is 9.10. The summed E-state index contributed by atoms with van der Waals surface area (Å²) in [5, 5.41) is 6.07. The number of nitrogens with zero attached hydrogens (tertiary/aromatic N) is 1. The number of hydrogen-bond donors (Lipinski definition) is 2. The van der Waals surface area contributed by atoms with Crippen LogP contribution in [0.4, 0.5) is 5.69 Å². The Bertz CT molecular complexity index is 946. The van der Waals surface area contributed by atoms with Gasteiger partial charge in [0.15, 0.2) is 5.30 Å². The van der Waals surface area contributed by atoms with Crippen molar-refractivity contribution in [3.05, 3.63) is 58.6 Å². The second-order valence-corrected chi connectivity index (χ2v) is 9.42. The third-order valence-electron chi connectivity index (χ3n) is 5.28. The summed E-state index contributed by atoms with van der Waals surface area (Å²) in [6.07, 6.45) is 3.51. The maximum atomic E-state index is 12.0. The van der Waals surface area contributed by atoms with Crippen LogP contribution in [-0.4, -0.2) is 42.9 Å². The number of nitrogens with one attached hydrogen (secondary N) is 2. The minimum absolute atomic E-state index is 0.122. The molecular weight excluding hydrogens is 481 g/mol. The normalized spacial score (nSPS) is 16.5. The molecule has 1 saturated heterocycles. The molecule has 1 aliphatic heterocycles. The molecule has 1 heterocycles. The summed E-state index contributed by atoms with van der Waals surface area (Å²) >= 11 is 3.31. The van der Waals surface area contributed by atoms with Crippen molar-refractivity contribution in [2.24, 2.45) is 5.92 Å². The van der Waals surface area contributed by atoms with Gasteiger partial charge < -0.3 is 20.4 Å². The molecule has 2 fully saturated rings. The van der Waals surface area contributed by atoms with Crippen molar-refractivity contribution >= 4 is 46.8 Å². The van der Waals surface area contributed by atoms with Crippen molar-refractivity contribution < 1.29 is 19.0 Å². The quantitative estimate of drug-likeness (QED) is 0.622. The van der Waals surface area contributed by atoms with E-state index in [0.717, 1.165) is 43.5 Å². The zero-order valence-corrected chi connectivity index (χ0v) is 19.5. The Morgan fingerprint density at radius 1 is 1.10 bits per heavy atom. The number of piperazine rings is 1. The molecule has 0 spiro atoms. The number of anilines is 1. The van der Waals surface area contributed by atoms with Crippen LogP contribution < -0.4 is 20.8 Å². The Labute approximate surface area is 191 Å². The van der Waals surface area contributed by atoms with E-state index in [4.69, 9.17) is 0 Å². The first kappa shape index (κ1) is 23.5. The van der Waals surface area contributed by atoms with E-state index < -0.39 is 8.03 Å². The van der Waals surface area contributed by atoms with Crippen LogP contribution in [0.5, 0.6) is 0 Å². The molecule has 2 aliphatic rings. The standard InChI is InChI=1S/C13H9BrNO3P.C9H16N2O/c14-10-4-2-5-11(8-10)15-13(16)9-3-1-6-12(7-9)19(17)18;12-9(8-2-1-3-8)11-6-4-10-5-7-11/h1-8H,(H,15,16);8,10H,1-7H2. The largest absolute Gasteiger partial charge is 0.591 e. The molecule has 0 radical (unpaired) electrons. The van der Waals surface area contributed by atoms with Crippen LogP contribution in [0.15, 0.2) is 53.0 Å². The molecule has 2 N–H and O–H groups in total. The number of carbonyl (C=O) groups is 2. The average molecular weight is 506 g/mol. The van der Waals surface area contributed by atoms with Gasteiger partial charge in [0.1, 0.15) is 0 Å². The molecule has 1 aliphatic carbocycles. The van der Waals surface area contributed by atoms with Crippen LogP contribution in [0.3, 0.4) is 0 Å². The lowest BCUT2D eigenvalue weighted by Crippen LogP contribution is -2.49. The topological polar surface area (TPSA) is 102 Å². The molecular formula is C22H25BrN3O4P. The van der Waals surface area contributed by atoms with Crippen LogP contribution in [0.1, 0.15) is 29.6 Å². The Morgan fingerprint density at radius 2 is 1.81 bits per heavy atom. The van der Waals surface area contributed by atoms with Gasteiger partial charge in [0.05, 0.1) is 0 Å². The van der Waals surface area contributed by atoms with Crippen molar-refractivity contribution in [3.63, 3.8) is 0 Å². The van der Waals surface area contributed by atoms with E-state index in [1.165, 1.54) is 24.6 Å². The van der Waals surface area contributed by atoms with Crippen molar-refractivity contribution in [1.29, 1.82) is 0 Å². The fourth-order valence-electron chi connectivity index (χ4n) is 3.33. The van der Waals surface area contributed by atoms with Crippen LogP contribution in [0, 0.1) is 5.92 Å². The monoisotopic (exact) mass is 505 g/mol. The van der Waals surface area contributed by atoms with Gasteiger partial charge in [-0.05, 0) is 43.2 Å². The van der Waals surface area contributed by atoms with E-state index in [0.29, 0.717) is 23.1 Å². The van der Waals surface area contributed by atoms with Gasteiger partial charge in [0.25, 0.3) is 5.91 Å². The van der Waals surface area contributed by atoms with Crippen molar-refractivity contribution in [2.75, 3.05) is 31.5 Å². The molecule has 31 heavy (non-hydrogen) atoms. The summed E-state index contributed by atoms with van der Waals surface area (Å²) in [4.78, 5) is 36.5. The minimum Gasteiger partial charge on any atom is -0.591 e. The molecule has 2 aromatic rings. The summed E-state index contributed by atoms with van der Waals surface area (Å²) in [7, 11) is -2.69. The van der Waals surface area contributed by atoms with Crippen LogP contribution in [-0.2, 0) is 9.36 Å². The molecule has 2 amide bonds. The molecule has 1 unspecified atom stereocenters. The molecule has 4 rings (SSSR count). The number of halogens is 1. The fraction of sp³-hybridized carbons (Fsp3) is 0.364. The number of carbonyl (C=O) groups excluding carboxylic acids is 2. The van der Waals surface area contributed by atoms with Gasteiger partial charge in [-0.15, -0.1) is 0 Å². The number of rotatable bonds is 4. The highest BCUT2D eigenvalue weighted by Gasteiger charge is 2.29. The summed E-state index contributed by atoms with van der Waals surface area (Å²) in [5.41, 5.74) is 0.938. The lowest BCUT2D eigenvalue weighted by atomic mass is 9.84. The Morgan fingerprint density at radius 3 is 2.42 bits per heavy atom. The number of hydrogen-bond acceptors (Lipinski definition) is 5. The Balaban J connectivity index is 0.000000194. The summed E-state index contributed by atoms with van der Waals surface area (Å²) in [6.45, 7) is 3.77. The van der Waals surface area contributed by atoms with E-state index in [-0.39, 0.29) is 11.2 Å². The fourth-order valence-corrected chi connectivity index (χ4v) is 4.18. The van der Waals surface area contributed by atoms with Gasteiger partial charge in [-0.1, -0.05) is 39.0 Å². The molecule has 164 valence electrons. The van der Waals surface area contributed by atoms with E-state index in [1.54, 1.807) is 24.3 Å². The lowest BCUT2D eigenvalue weighted by Gasteiger charge is -2.34. The van der Waals surface area contributed by atoms with Crippen LogP contribution >= 0.6 is 24.0 Å². The maximum absolute atomic E-state index is 12.0. The van der Waals surface area contributed by atoms with Crippen molar-refractivity contribution in [1.82, 2.24) is 10.2 Å². The van der Waals surface area contributed by atoms with Gasteiger partial charge >= 0.3 is 8.03 Å². The minimum atomic E-state index is -2.69. The predicted molar refractivity (Wildman–Crippen MR) is 123 cm³/mol. The van der Waals surface area contributed by atoms with Gasteiger partial charge in [0.2, 0.25) is 5.91 Å². The van der Waals surface area contributed by atoms with Crippen molar-refractivity contribution in [3.8, 4) is 0 Å². The molecule has 0 bridgehead atoms. The Kier molecular flexibility index (Phi) is 8.72. The van der Waals surface area contributed by atoms with Crippen molar-refractivity contribution in [2.45, 2.75) is 19.3 Å². The SMILES string of the molecule is O=C(C1CCC1)N1CCNCC1.O=C(Nc1cccc(Br)c1)c1cccc([P+](=O)[O-])c1. The third-order valence-corrected chi connectivity index (χ3v) is 6.48. The van der Waals surface area contributed by atoms with Gasteiger partial charge in [-0.25, -0.2) is 0 Å². The summed E-state index contributed by atoms with van der Waals surface area (Å²) < 4.78 is 11.7. The smallest absolute Gasteiger partial charge is 0.348 e. The second-order valence-electron chi connectivity index (χ2n) is 7.48. The summed E-state index contributed by atoms with van der Waals surface area (Å²) in [6, 6.07) is 13.0. The number of benzene rings is 2. The zero-order chi connectivity index (χ0) is 22.2. The average Bonchev–Trinajstić information content (AvgIpc) is 2.73. The van der Waals surface area contributed by atoms with E-state index >= 15 is 0 Å². The van der Waals surface area contributed by atoms with Gasteiger partial charge in [-0.2, -0.15) is 0 Å². The highest BCUT2D eigenvalue weighted by atomic mass is 79.9.